The van der Waals surface area contributed by atoms with Gasteiger partial charge in [-0.15, -0.1) is 0 Å². The van der Waals surface area contributed by atoms with Crippen LogP contribution in [0.25, 0.3) is 39.5 Å². The fraction of sp³-hybridized carbons (Fsp3) is 0.0526. The fourth-order valence-electron chi connectivity index (χ4n) is 3.23. The third-order valence-corrected chi connectivity index (χ3v) is 4.57. The highest BCUT2D eigenvalue weighted by molar-refractivity contribution is 5.82. The minimum absolute atomic E-state index is 0.0750. The standard InChI is InChI=1S/C19H11F2N5O2/c1-10-16-15(19-23-18(24-28-19)11-5-7-12(20)8-6-11)22-9-25(16)14-4-2-3-13(21)17(14)26(10)27/h2-9H,1H3. The van der Waals surface area contributed by atoms with Crippen LogP contribution in [0.15, 0.2) is 53.3 Å². The third-order valence-electron chi connectivity index (χ3n) is 4.57. The quantitative estimate of drug-likeness (QED) is 0.347. The molecule has 0 saturated carbocycles. The van der Waals surface area contributed by atoms with Crippen molar-refractivity contribution in [1.29, 1.82) is 0 Å². The first-order valence-electron chi connectivity index (χ1n) is 8.32. The number of para-hydroxylation sites is 1. The summed E-state index contributed by atoms with van der Waals surface area (Å²) < 4.78 is 34.7. The van der Waals surface area contributed by atoms with Crippen molar-refractivity contribution in [3.8, 4) is 23.0 Å². The molecule has 0 bridgehead atoms. The summed E-state index contributed by atoms with van der Waals surface area (Å²) in [6.07, 6.45) is 1.47. The van der Waals surface area contributed by atoms with Crippen LogP contribution in [0.3, 0.4) is 0 Å². The highest BCUT2D eigenvalue weighted by Gasteiger charge is 2.25. The van der Waals surface area contributed by atoms with Crippen molar-refractivity contribution in [3.05, 3.63) is 71.3 Å². The van der Waals surface area contributed by atoms with E-state index < -0.39 is 5.82 Å². The van der Waals surface area contributed by atoms with Crippen molar-refractivity contribution in [1.82, 2.24) is 19.5 Å². The molecule has 9 heteroatoms. The number of hydrogen-bond acceptors (Lipinski definition) is 5. The Kier molecular flexibility index (Phi) is 3.38. The van der Waals surface area contributed by atoms with Crippen molar-refractivity contribution < 1.29 is 18.0 Å². The Morgan fingerprint density at radius 1 is 1.11 bits per heavy atom. The molecule has 0 spiro atoms. The van der Waals surface area contributed by atoms with Crippen LogP contribution >= 0.6 is 0 Å². The lowest BCUT2D eigenvalue weighted by molar-refractivity contribution is -0.584. The van der Waals surface area contributed by atoms with Gasteiger partial charge < -0.3 is 9.73 Å². The van der Waals surface area contributed by atoms with Crippen LogP contribution in [0.2, 0.25) is 0 Å². The molecule has 2 aromatic carbocycles. The maximum absolute atomic E-state index is 14.2. The number of hydrogen-bond donors (Lipinski definition) is 0. The van der Waals surface area contributed by atoms with E-state index in [0.717, 1.165) is 0 Å². The molecule has 7 nitrogen and oxygen atoms in total. The second kappa shape index (κ2) is 5.81. The first-order chi connectivity index (χ1) is 13.5. The Labute approximate surface area is 156 Å². The third kappa shape index (κ3) is 2.26. The molecule has 0 aliphatic heterocycles. The van der Waals surface area contributed by atoms with Crippen LogP contribution in [0, 0.1) is 23.8 Å². The van der Waals surface area contributed by atoms with Gasteiger partial charge in [0.2, 0.25) is 11.5 Å². The summed E-state index contributed by atoms with van der Waals surface area (Å²) in [6, 6.07) is 10.0. The summed E-state index contributed by atoms with van der Waals surface area (Å²) in [7, 11) is 0. The molecule has 0 unspecified atom stereocenters. The lowest BCUT2D eigenvalue weighted by Gasteiger charge is -2.08. The number of nitrogens with zero attached hydrogens (tertiary/aromatic N) is 5. The molecule has 0 atom stereocenters. The van der Waals surface area contributed by atoms with Crippen LogP contribution in [-0.2, 0) is 0 Å². The van der Waals surface area contributed by atoms with E-state index in [1.54, 1.807) is 17.4 Å². The van der Waals surface area contributed by atoms with Gasteiger partial charge in [-0.3, -0.25) is 4.40 Å². The van der Waals surface area contributed by atoms with E-state index in [1.165, 1.54) is 42.7 Å². The molecule has 0 amide bonds. The highest BCUT2D eigenvalue weighted by Crippen LogP contribution is 2.28. The first-order valence-corrected chi connectivity index (χ1v) is 8.32. The highest BCUT2D eigenvalue weighted by atomic mass is 19.1. The van der Waals surface area contributed by atoms with E-state index in [0.29, 0.717) is 27.0 Å². The van der Waals surface area contributed by atoms with E-state index in [4.69, 9.17) is 4.52 Å². The fourth-order valence-corrected chi connectivity index (χ4v) is 3.23. The predicted molar refractivity (Wildman–Crippen MR) is 95.0 cm³/mol. The van der Waals surface area contributed by atoms with Crippen molar-refractivity contribution in [2.75, 3.05) is 0 Å². The van der Waals surface area contributed by atoms with Crippen LogP contribution in [0.1, 0.15) is 5.69 Å². The Hall–Kier alpha value is -3.88. The number of halogens is 2. The maximum atomic E-state index is 14.2. The molecule has 0 aliphatic carbocycles. The van der Waals surface area contributed by atoms with Gasteiger partial charge in [-0.05, 0) is 36.4 Å². The number of rotatable bonds is 2. The normalized spacial score (nSPS) is 11.5. The lowest BCUT2D eigenvalue weighted by Crippen LogP contribution is -2.33. The molecule has 3 heterocycles. The van der Waals surface area contributed by atoms with Crippen LogP contribution in [-0.4, -0.2) is 19.5 Å². The molecule has 0 saturated heterocycles. The second-order valence-electron chi connectivity index (χ2n) is 6.23. The zero-order chi connectivity index (χ0) is 19.4. The molecule has 0 radical (unpaired) electrons. The molecule has 3 aromatic heterocycles. The summed E-state index contributed by atoms with van der Waals surface area (Å²) in [6.45, 7) is 1.57. The molecule has 5 aromatic rings. The SMILES string of the molecule is Cc1c2c(-c3nc(-c4ccc(F)cc4)no3)ncn2c2cccc(F)c2[n+]1[O-]. The number of imidazole rings is 1. The Morgan fingerprint density at radius 2 is 1.89 bits per heavy atom. The summed E-state index contributed by atoms with van der Waals surface area (Å²) in [5.41, 5.74) is 1.84. The van der Waals surface area contributed by atoms with E-state index in [-0.39, 0.29) is 28.7 Å². The van der Waals surface area contributed by atoms with Crippen molar-refractivity contribution in [3.63, 3.8) is 0 Å². The van der Waals surface area contributed by atoms with Crippen molar-refractivity contribution >= 4 is 16.6 Å². The molecular weight excluding hydrogens is 368 g/mol. The summed E-state index contributed by atoms with van der Waals surface area (Å²) >= 11 is 0. The molecule has 28 heavy (non-hydrogen) atoms. The van der Waals surface area contributed by atoms with E-state index in [9.17, 15) is 14.0 Å². The van der Waals surface area contributed by atoms with E-state index in [2.05, 4.69) is 15.1 Å². The van der Waals surface area contributed by atoms with Gasteiger partial charge >= 0.3 is 0 Å². The van der Waals surface area contributed by atoms with Gasteiger partial charge in [-0.25, -0.2) is 9.37 Å². The van der Waals surface area contributed by atoms with Gasteiger partial charge in [-0.2, -0.15) is 14.1 Å². The average molecular weight is 379 g/mol. The first kappa shape index (κ1) is 16.3. The lowest BCUT2D eigenvalue weighted by atomic mass is 10.2. The number of aryl methyl sites for hydroxylation is 1. The van der Waals surface area contributed by atoms with Gasteiger partial charge in [0.05, 0.1) is 0 Å². The van der Waals surface area contributed by atoms with Gasteiger partial charge in [0.25, 0.3) is 11.4 Å². The molecule has 0 aliphatic rings. The molecule has 5 rings (SSSR count). The number of aromatic nitrogens is 5. The smallest absolute Gasteiger partial charge is 0.279 e. The van der Waals surface area contributed by atoms with E-state index in [1.807, 2.05) is 0 Å². The zero-order valence-electron chi connectivity index (χ0n) is 14.4. The maximum Gasteiger partial charge on any atom is 0.279 e. The molecule has 0 fully saturated rings. The predicted octanol–water partition coefficient (Wildman–Crippen LogP) is 3.42. The minimum Gasteiger partial charge on any atom is -0.618 e. The van der Waals surface area contributed by atoms with Gasteiger partial charge in [0.1, 0.15) is 23.2 Å². The molecule has 138 valence electrons. The minimum atomic E-state index is -0.621. The Balaban J connectivity index is 1.73. The number of benzene rings is 2. The topological polar surface area (TPSA) is 83.2 Å². The van der Waals surface area contributed by atoms with Crippen LogP contribution in [0.4, 0.5) is 8.78 Å². The average Bonchev–Trinajstić information content (AvgIpc) is 3.34. The number of fused-ring (bicyclic) bond motifs is 3. The monoisotopic (exact) mass is 379 g/mol. The summed E-state index contributed by atoms with van der Waals surface area (Å²) in [4.78, 5) is 8.61. The van der Waals surface area contributed by atoms with Gasteiger partial charge in [-0.1, -0.05) is 11.2 Å². The Morgan fingerprint density at radius 3 is 2.68 bits per heavy atom. The van der Waals surface area contributed by atoms with Gasteiger partial charge in [0, 0.05) is 12.5 Å². The van der Waals surface area contributed by atoms with Crippen molar-refractivity contribution in [2.45, 2.75) is 6.92 Å². The van der Waals surface area contributed by atoms with Crippen LogP contribution < -0.4 is 4.73 Å². The largest absolute Gasteiger partial charge is 0.618 e. The molecular formula is C19H11F2N5O2. The second-order valence-corrected chi connectivity index (χ2v) is 6.23. The molecule has 0 N–H and O–H groups in total. The Bertz CT molecular complexity index is 1360. The van der Waals surface area contributed by atoms with Crippen LogP contribution in [0.5, 0.6) is 0 Å². The summed E-state index contributed by atoms with van der Waals surface area (Å²) in [5, 5.41) is 16.5. The van der Waals surface area contributed by atoms with E-state index >= 15 is 0 Å². The van der Waals surface area contributed by atoms with Crippen molar-refractivity contribution in [2.24, 2.45) is 0 Å². The summed E-state index contributed by atoms with van der Waals surface area (Å²) in [5.74, 6) is -0.636. The zero-order valence-corrected chi connectivity index (χ0v) is 14.4. The van der Waals surface area contributed by atoms with Gasteiger partial charge in [0.15, 0.2) is 11.5 Å².